The predicted octanol–water partition coefficient (Wildman–Crippen LogP) is 5.10. The second-order valence-corrected chi connectivity index (χ2v) is 9.94. The van der Waals surface area contributed by atoms with Gasteiger partial charge in [0.25, 0.3) is 0 Å². The van der Waals surface area contributed by atoms with Crippen molar-refractivity contribution in [3.05, 3.63) is 95.5 Å². The number of nitrogens with zero attached hydrogens (tertiary/aromatic N) is 2. The number of hydrogen-bond acceptors (Lipinski definition) is 5. The van der Waals surface area contributed by atoms with Crippen LogP contribution in [0.4, 0.5) is 4.39 Å². The smallest absolute Gasteiger partial charge is 0.320 e. The van der Waals surface area contributed by atoms with E-state index in [-0.39, 0.29) is 17.3 Å². The number of carbonyl (C=O) groups is 1. The highest BCUT2D eigenvalue weighted by atomic mass is 32.1. The third kappa shape index (κ3) is 3.71. The summed E-state index contributed by atoms with van der Waals surface area (Å²) in [6, 6.07) is 18.9. The van der Waals surface area contributed by atoms with Gasteiger partial charge in [-0.05, 0) is 54.7 Å². The van der Waals surface area contributed by atoms with Gasteiger partial charge in [0.2, 0.25) is 0 Å². The molecule has 1 fully saturated rings. The summed E-state index contributed by atoms with van der Waals surface area (Å²) >= 11 is 1.39. The van der Waals surface area contributed by atoms with Gasteiger partial charge in [-0.15, -0.1) is 0 Å². The molecule has 2 aliphatic rings. The second kappa shape index (κ2) is 8.11. The van der Waals surface area contributed by atoms with Crippen LogP contribution in [0.25, 0.3) is 20.9 Å². The van der Waals surface area contributed by atoms with Gasteiger partial charge in [0.1, 0.15) is 27.2 Å². The Morgan fingerprint density at radius 3 is 2.62 bits per heavy atom. The highest BCUT2D eigenvalue weighted by molar-refractivity contribution is 7.21. The number of aliphatic carboxylic acids is 1. The molecule has 7 heteroatoms. The molecule has 1 aliphatic heterocycles. The lowest BCUT2D eigenvalue weighted by Gasteiger charge is -2.15. The summed E-state index contributed by atoms with van der Waals surface area (Å²) in [5, 5.41) is 12.9. The van der Waals surface area contributed by atoms with Crippen molar-refractivity contribution in [3.63, 3.8) is 0 Å². The van der Waals surface area contributed by atoms with Crippen molar-refractivity contribution in [2.45, 2.75) is 36.8 Å². The standard InChI is InChI=1S/C27H22FN3O2S/c28-20-15-16(14-18-7-9-22(29-18)26(32)33)6-8-19(20)24-30-21-10-11-23(31-25(21)34-24)27(12-13-27)17-4-2-1-3-5-17/h1-6,8,10-13,15,18,22,29H,7,9,14H2,(H,32,33). The van der Waals surface area contributed by atoms with Crippen molar-refractivity contribution in [2.24, 2.45) is 0 Å². The number of pyridine rings is 1. The number of hydrogen-bond donors (Lipinski definition) is 2. The maximum atomic E-state index is 15.1. The van der Waals surface area contributed by atoms with E-state index in [4.69, 9.17) is 10.1 Å². The van der Waals surface area contributed by atoms with Gasteiger partial charge >= 0.3 is 5.97 Å². The molecule has 0 amide bonds. The molecule has 170 valence electrons. The van der Waals surface area contributed by atoms with E-state index in [0.29, 0.717) is 23.4 Å². The van der Waals surface area contributed by atoms with Crippen LogP contribution < -0.4 is 5.32 Å². The van der Waals surface area contributed by atoms with E-state index < -0.39 is 12.0 Å². The highest BCUT2D eigenvalue weighted by Crippen LogP contribution is 2.45. The molecule has 0 radical (unpaired) electrons. The van der Waals surface area contributed by atoms with E-state index in [0.717, 1.165) is 28.0 Å². The first-order valence-electron chi connectivity index (χ1n) is 11.3. The molecule has 0 bridgehead atoms. The van der Waals surface area contributed by atoms with Crippen LogP contribution in [0.15, 0.2) is 72.8 Å². The fourth-order valence-electron chi connectivity index (χ4n) is 4.79. The molecule has 3 heterocycles. The fourth-order valence-corrected chi connectivity index (χ4v) is 5.75. The number of halogens is 1. The van der Waals surface area contributed by atoms with Gasteiger partial charge < -0.3 is 10.4 Å². The minimum Gasteiger partial charge on any atom is -0.480 e. The number of thiazole rings is 1. The molecule has 5 nitrogen and oxygen atoms in total. The molecule has 2 aromatic heterocycles. The summed E-state index contributed by atoms with van der Waals surface area (Å²) in [7, 11) is 0. The Labute approximate surface area is 200 Å². The van der Waals surface area contributed by atoms with Gasteiger partial charge in [0.05, 0.1) is 11.1 Å². The summed E-state index contributed by atoms with van der Waals surface area (Å²) in [4.78, 5) is 21.5. The van der Waals surface area contributed by atoms with Crippen LogP contribution in [0.2, 0.25) is 0 Å². The normalized spacial score (nSPS) is 20.6. The lowest BCUT2D eigenvalue weighted by Crippen LogP contribution is -2.36. The van der Waals surface area contributed by atoms with Crippen LogP contribution in [-0.2, 0) is 16.6 Å². The van der Waals surface area contributed by atoms with Crippen LogP contribution in [0.5, 0.6) is 0 Å². The molecular weight excluding hydrogens is 449 g/mol. The Morgan fingerprint density at radius 1 is 1.09 bits per heavy atom. The average molecular weight is 472 g/mol. The van der Waals surface area contributed by atoms with E-state index >= 15 is 4.39 Å². The van der Waals surface area contributed by atoms with E-state index in [2.05, 4.69) is 34.6 Å². The molecule has 4 aromatic rings. The Kier molecular flexibility index (Phi) is 5.04. The van der Waals surface area contributed by atoms with E-state index in [9.17, 15) is 4.79 Å². The van der Waals surface area contributed by atoms with Crippen molar-refractivity contribution in [2.75, 3.05) is 0 Å². The van der Waals surface area contributed by atoms with Gasteiger partial charge in [-0.25, -0.2) is 14.4 Å². The molecule has 6 rings (SSSR count). The van der Waals surface area contributed by atoms with Crippen molar-refractivity contribution < 1.29 is 14.3 Å². The number of benzene rings is 2. The summed E-state index contributed by atoms with van der Waals surface area (Å²) in [6.07, 6.45) is 6.26. The minimum absolute atomic E-state index is 0.0457. The van der Waals surface area contributed by atoms with Gasteiger partial charge in [0.15, 0.2) is 0 Å². The van der Waals surface area contributed by atoms with Crippen molar-refractivity contribution in [3.8, 4) is 10.6 Å². The average Bonchev–Trinajstić information content (AvgIpc) is 3.32. The van der Waals surface area contributed by atoms with Crippen LogP contribution in [0.1, 0.15) is 29.7 Å². The molecule has 2 N–H and O–H groups in total. The van der Waals surface area contributed by atoms with Crippen molar-refractivity contribution in [1.82, 2.24) is 15.3 Å². The van der Waals surface area contributed by atoms with Gasteiger partial charge in [0, 0.05) is 11.6 Å². The van der Waals surface area contributed by atoms with Crippen LogP contribution >= 0.6 is 11.3 Å². The third-order valence-electron chi connectivity index (χ3n) is 6.72. The molecule has 0 spiro atoms. The molecule has 1 aliphatic carbocycles. The zero-order valence-electron chi connectivity index (χ0n) is 18.2. The highest BCUT2D eigenvalue weighted by Gasteiger charge is 2.39. The fraction of sp³-hybridized carbons (Fsp3) is 0.222. The third-order valence-corrected chi connectivity index (χ3v) is 7.71. The summed E-state index contributed by atoms with van der Waals surface area (Å²) in [6.45, 7) is 0. The molecular formula is C27H22FN3O2S. The first-order chi connectivity index (χ1) is 16.5. The van der Waals surface area contributed by atoms with Crippen LogP contribution in [0, 0.1) is 5.82 Å². The van der Waals surface area contributed by atoms with Crippen molar-refractivity contribution >= 4 is 27.7 Å². The monoisotopic (exact) mass is 471 g/mol. The first kappa shape index (κ1) is 21.1. The van der Waals surface area contributed by atoms with E-state index in [1.165, 1.54) is 23.0 Å². The minimum atomic E-state index is -0.830. The number of aromatic nitrogens is 2. The Bertz CT molecular complexity index is 1430. The van der Waals surface area contributed by atoms with Crippen LogP contribution in [-0.4, -0.2) is 33.1 Å². The molecule has 2 atom stereocenters. The number of allylic oxidation sites excluding steroid dienone is 2. The summed E-state index contributed by atoms with van der Waals surface area (Å²) in [5.74, 6) is -1.15. The lowest BCUT2D eigenvalue weighted by atomic mass is 9.89. The number of carboxylic acid groups (broad SMARTS) is 1. The lowest BCUT2D eigenvalue weighted by molar-refractivity contribution is -0.139. The zero-order chi connectivity index (χ0) is 23.3. The predicted molar refractivity (Wildman–Crippen MR) is 130 cm³/mol. The quantitative estimate of drug-likeness (QED) is 0.383. The zero-order valence-corrected chi connectivity index (χ0v) is 19.1. The van der Waals surface area contributed by atoms with Gasteiger partial charge in [-0.2, -0.15) is 0 Å². The first-order valence-corrected chi connectivity index (χ1v) is 12.2. The second-order valence-electron chi connectivity index (χ2n) is 8.96. The number of rotatable bonds is 6. The van der Waals surface area contributed by atoms with E-state index in [1.807, 2.05) is 36.4 Å². The number of fused-ring (bicyclic) bond motifs is 1. The number of carboxylic acids is 1. The number of nitrogens with one attached hydrogen (secondary N) is 1. The van der Waals surface area contributed by atoms with Gasteiger partial charge in [-0.1, -0.05) is 59.9 Å². The van der Waals surface area contributed by atoms with Crippen LogP contribution in [0.3, 0.4) is 0 Å². The topological polar surface area (TPSA) is 75.1 Å². The summed E-state index contributed by atoms with van der Waals surface area (Å²) < 4.78 is 15.1. The maximum Gasteiger partial charge on any atom is 0.320 e. The Hall–Kier alpha value is -3.42. The Balaban J connectivity index is 1.25. The molecule has 0 saturated carbocycles. The van der Waals surface area contributed by atoms with E-state index in [1.54, 1.807) is 6.07 Å². The maximum absolute atomic E-state index is 15.1. The Morgan fingerprint density at radius 2 is 1.91 bits per heavy atom. The largest absolute Gasteiger partial charge is 0.480 e. The summed E-state index contributed by atoms with van der Waals surface area (Å²) in [5.41, 5.74) is 3.92. The van der Waals surface area contributed by atoms with Crippen molar-refractivity contribution in [1.29, 1.82) is 0 Å². The van der Waals surface area contributed by atoms with Gasteiger partial charge in [-0.3, -0.25) is 4.79 Å². The SMILES string of the molecule is O=C(O)C1CCC(Cc2ccc(-c3nc4ccc(C5(c6ccccc6)C=C5)nc4s3)c(F)c2)N1. The molecule has 1 saturated heterocycles. The molecule has 2 aromatic carbocycles. The molecule has 34 heavy (non-hydrogen) atoms. The molecule has 2 unspecified atom stereocenters.